The van der Waals surface area contributed by atoms with E-state index >= 15 is 0 Å². The van der Waals surface area contributed by atoms with E-state index in [1.165, 1.54) is 22.0 Å². The Kier molecular flexibility index (Phi) is 8.58. The Morgan fingerprint density at radius 1 is 1.00 bits per heavy atom. The molecule has 6 nitrogen and oxygen atoms in total. The number of halogens is 2. The summed E-state index contributed by atoms with van der Waals surface area (Å²) in [5.74, 6) is -0.254. The van der Waals surface area contributed by atoms with Crippen molar-refractivity contribution in [3.63, 3.8) is 0 Å². The SMILES string of the molecule is Cl.O=C(NC1CCN(Cc2ccccc2)CC1)c1ccc(Cl)c(S(=O)(=O)N2CCCC2)c1. The van der Waals surface area contributed by atoms with Crippen molar-refractivity contribution in [3.8, 4) is 0 Å². The predicted octanol–water partition coefficient (Wildman–Crippen LogP) is 3.94. The van der Waals surface area contributed by atoms with E-state index in [-0.39, 0.29) is 34.3 Å². The van der Waals surface area contributed by atoms with Crippen LogP contribution in [0.1, 0.15) is 41.6 Å². The molecule has 0 spiro atoms. The number of likely N-dealkylation sites (tertiary alicyclic amines) is 1. The van der Waals surface area contributed by atoms with Gasteiger partial charge in [0.2, 0.25) is 10.0 Å². The van der Waals surface area contributed by atoms with Gasteiger partial charge in [0.25, 0.3) is 5.91 Å². The minimum Gasteiger partial charge on any atom is -0.349 e. The molecule has 0 atom stereocenters. The summed E-state index contributed by atoms with van der Waals surface area (Å²) >= 11 is 6.20. The van der Waals surface area contributed by atoms with Gasteiger partial charge in [-0.25, -0.2) is 8.42 Å². The maximum absolute atomic E-state index is 12.9. The molecule has 0 aromatic heterocycles. The molecule has 2 aromatic rings. The van der Waals surface area contributed by atoms with Crippen LogP contribution in [0.2, 0.25) is 5.02 Å². The lowest BCUT2D eigenvalue weighted by Gasteiger charge is -2.32. The van der Waals surface area contributed by atoms with Crippen molar-refractivity contribution in [3.05, 3.63) is 64.7 Å². The first-order chi connectivity index (χ1) is 14.9. The van der Waals surface area contributed by atoms with Crippen LogP contribution >= 0.6 is 24.0 Å². The maximum atomic E-state index is 12.9. The molecule has 2 aliphatic heterocycles. The Labute approximate surface area is 201 Å². The number of benzene rings is 2. The Bertz CT molecular complexity index is 1020. The Morgan fingerprint density at radius 3 is 2.31 bits per heavy atom. The summed E-state index contributed by atoms with van der Waals surface area (Å²) in [7, 11) is -3.68. The molecule has 0 radical (unpaired) electrons. The fraction of sp³-hybridized carbons (Fsp3) is 0.435. The standard InChI is InChI=1S/C23H28ClN3O3S.ClH/c24-21-9-8-19(16-22(21)31(29,30)27-12-4-5-13-27)23(28)25-20-10-14-26(15-11-20)17-18-6-2-1-3-7-18;/h1-3,6-9,16,20H,4-5,10-15,17H2,(H,25,28);1H. The zero-order valence-corrected chi connectivity index (χ0v) is 20.3. The second-order valence-electron chi connectivity index (χ2n) is 8.27. The summed E-state index contributed by atoms with van der Waals surface area (Å²) in [5.41, 5.74) is 1.62. The van der Waals surface area contributed by atoms with E-state index in [1.54, 1.807) is 6.07 Å². The van der Waals surface area contributed by atoms with Gasteiger partial charge in [0.05, 0.1) is 5.02 Å². The van der Waals surface area contributed by atoms with Crippen molar-refractivity contribution in [2.45, 2.75) is 43.2 Å². The van der Waals surface area contributed by atoms with E-state index in [9.17, 15) is 13.2 Å². The van der Waals surface area contributed by atoms with Crippen molar-refractivity contribution >= 4 is 39.9 Å². The van der Waals surface area contributed by atoms with E-state index < -0.39 is 10.0 Å². The lowest BCUT2D eigenvalue weighted by atomic mass is 10.0. The molecule has 2 saturated heterocycles. The van der Waals surface area contributed by atoms with Gasteiger partial charge in [-0.1, -0.05) is 41.9 Å². The van der Waals surface area contributed by atoms with Gasteiger partial charge in [0, 0.05) is 44.3 Å². The van der Waals surface area contributed by atoms with Gasteiger partial charge in [-0.2, -0.15) is 4.31 Å². The first-order valence-electron chi connectivity index (χ1n) is 10.8. The molecule has 0 saturated carbocycles. The molecule has 0 aliphatic carbocycles. The van der Waals surface area contributed by atoms with Crippen LogP contribution in [0.5, 0.6) is 0 Å². The lowest BCUT2D eigenvalue weighted by Crippen LogP contribution is -2.44. The second kappa shape index (κ2) is 11.0. The van der Waals surface area contributed by atoms with E-state index in [4.69, 9.17) is 11.6 Å². The smallest absolute Gasteiger partial charge is 0.251 e. The van der Waals surface area contributed by atoms with Gasteiger partial charge >= 0.3 is 0 Å². The molecule has 0 unspecified atom stereocenters. The highest BCUT2D eigenvalue weighted by Gasteiger charge is 2.30. The number of sulfonamides is 1. The molecule has 0 bridgehead atoms. The second-order valence-corrected chi connectivity index (χ2v) is 10.6. The van der Waals surface area contributed by atoms with Gasteiger partial charge in [-0.3, -0.25) is 9.69 Å². The molecule has 2 fully saturated rings. The third-order valence-corrected chi connectivity index (χ3v) is 8.43. The van der Waals surface area contributed by atoms with Crippen LogP contribution in [0.4, 0.5) is 0 Å². The zero-order chi connectivity index (χ0) is 21.8. The fourth-order valence-electron chi connectivity index (χ4n) is 4.26. The van der Waals surface area contributed by atoms with Gasteiger partial charge in [0.1, 0.15) is 4.90 Å². The Hall–Kier alpha value is -1.64. The predicted molar refractivity (Wildman–Crippen MR) is 129 cm³/mol. The average Bonchev–Trinajstić information content (AvgIpc) is 3.32. The zero-order valence-electron chi connectivity index (χ0n) is 17.9. The van der Waals surface area contributed by atoms with Crippen LogP contribution in [0, 0.1) is 0 Å². The van der Waals surface area contributed by atoms with Crippen LogP contribution in [-0.2, 0) is 16.6 Å². The normalized spacial score (nSPS) is 18.3. The van der Waals surface area contributed by atoms with E-state index in [1.807, 2.05) is 18.2 Å². The summed E-state index contributed by atoms with van der Waals surface area (Å²) in [5, 5.41) is 3.22. The fourth-order valence-corrected chi connectivity index (χ4v) is 6.27. The summed E-state index contributed by atoms with van der Waals surface area (Å²) < 4.78 is 27.3. The van der Waals surface area contributed by atoms with Crippen LogP contribution < -0.4 is 5.32 Å². The van der Waals surface area contributed by atoms with Gasteiger partial charge in [-0.05, 0) is 49.4 Å². The number of carbonyl (C=O) groups excluding carboxylic acids is 1. The number of nitrogens with zero attached hydrogens (tertiary/aromatic N) is 2. The first-order valence-corrected chi connectivity index (χ1v) is 12.6. The minimum atomic E-state index is -3.68. The summed E-state index contributed by atoms with van der Waals surface area (Å²) in [6.45, 7) is 3.73. The molecule has 174 valence electrons. The third-order valence-electron chi connectivity index (χ3n) is 6.05. The number of amides is 1. The molecular weight excluding hydrogens is 469 g/mol. The molecule has 9 heteroatoms. The van der Waals surface area contributed by atoms with Crippen LogP contribution in [0.25, 0.3) is 0 Å². The number of piperidine rings is 1. The van der Waals surface area contributed by atoms with Crippen molar-refractivity contribution in [2.24, 2.45) is 0 Å². The monoisotopic (exact) mass is 497 g/mol. The third kappa shape index (κ3) is 5.83. The maximum Gasteiger partial charge on any atom is 0.251 e. The van der Waals surface area contributed by atoms with Gasteiger partial charge < -0.3 is 5.32 Å². The lowest BCUT2D eigenvalue weighted by molar-refractivity contribution is 0.0908. The number of hydrogen-bond donors (Lipinski definition) is 1. The van der Waals surface area contributed by atoms with E-state index in [0.717, 1.165) is 45.3 Å². The minimum absolute atomic E-state index is 0. The molecule has 32 heavy (non-hydrogen) atoms. The van der Waals surface area contributed by atoms with Crippen molar-refractivity contribution in [1.82, 2.24) is 14.5 Å². The molecule has 4 rings (SSSR count). The summed E-state index contributed by atoms with van der Waals surface area (Å²) in [6.07, 6.45) is 3.43. The molecule has 1 N–H and O–H groups in total. The average molecular weight is 498 g/mol. The van der Waals surface area contributed by atoms with Crippen LogP contribution in [0.15, 0.2) is 53.4 Å². The van der Waals surface area contributed by atoms with Crippen LogP contribution in [-0.4, -0.2) is 55.8 Å². The van der Waals surface area contributed by atoms with Crippen LogP contribution in [0.3, 0.4) is 0 Å². The summed E-state index contributed by atoms with van der Waals surface area (Å²) in [6, 6.07) is 14.9. The first kappa shape index (κ1) is 25.0. The highest BCUT2D eigenvalue weighted by Crippen LogP contribution is 2.28. The number of rotatable bonds is 6. The Balaban J connectivity index is 0.00000289. The molecule has 1 amide bonds. The number of hydrogen-bond acceptors (Lipinski definition) is 4. The van der Waals surface area contributed by atoms with Crippen molar-refractivity contribution in [1.29, 1.82) is 0 Å². The molecule has 2 aliphatic rings. The van der Waals surface area contributed by atoms with E-state index in [2.05, 4.69) is 22.3 Å². The largest absolute Gasteiger partial charge is 0.349 e. The molecule has 2 aromatic carbocycles. The van der Waals surface area contributed by atoms with Gasteiger partial charge in [0.15, 0.2) is 0 Å². The van der Waals surface area contributed by atoms with Crippen molar-refractivity contribution < 1.29 is 13.2 Å². The molecular formula is C23H29Cl2N3O3S. The number of nitrogens with one attached hydrogen (secondary N) is 1. The molecule has 2 heterocycles. The topological polar surface area (TPSA) is 69.7 Å². The Morgan fingerprint density at radius 2 is 1.66 bits per heavy atom. The summed E-state index contributed by atoms with van der Waals surface area (Å²) in [4.78, 5) is 15.2. The van der Waals surface area contributed by atoms with E-state index in [0.29, 0.717) is 18.7 Å². The van der Waals surface area contributed by atoms with Crippen molar-refractivity contribution in [2.75, 3.05) is 26.2 Å². The highest BCUT2D eigenvalue weighted by atomic mass is 35.5. The number of carbonyl (C=O) groups is 1. The quantitative estimate of drug-likeness (QED) is 0.655. The van der Waals surface area contributed by atoms with Gasteiger partial charge in [-0.15, -0.1) is 12.4 Å². The highest BCUT2D eigenvalue weighted by molar-refractivity contribution is 7.89.